The van der Waals surface area contributed by atoms with Gasteiger partial charge >= 0.3 is 0 Å². The lowest BCUT2D eigenvalue weighted by Gasteiger charge is -2.44. The van der Waals surface area contributed by atoms with Gasteiger partial charge in [0.15, 0.2) is 5.69 Å². The molecule has 1 saturated carbocycles. The van der Waals surface area contributed by atoms with Crippen LogP contribution >= 0.6 is 0 Å². The molecule has 34 heavy (non-hydrogen) atoms. The molecular formula is C22H23N9O3. The van der Waals surface area contributed by atoms with Crippen molar-refractivity contribution in [1.82, 2.24) is 39.4 Å². The molecule has 4 aromatic heterocycles. The number of hydrogen-bond donors (Lipinski definition) is 1. The average molecular weight is 461 g/mol. The van der Waals surface area contributed by atoms with Gasteiger partial charge in [0.05, 0.1) is 43.4 Å². The molecule has 12 heteroatoms. The van der Waals surface area contributed by atoms with E-state index in [1.807, 2.05) is 10.9 Å². The van der Waals surface area contributed by atoms with Crippen molar-refractivity contribution in [3.8, 4) is 28.5 Å². The molecule has 0 spiro atoms. The smallest absolute Gasteiger partial charge is 0.270 e. The Labute approximate surface area is 194 Å². The molecule has 4 aromatic rings. The van der Waals surface area contributed by atoms with Crippen molar-refractivity contribution in [3.63, 3.8) is 0 Å². The Morgan fingerprint density at radius 3 is 2.68 bits per heavy atom. The summed E-state index contributed by atoms with van der Waals surface area (Å²) in [6.45, 7) is 3.58. The van der Waals surface area contributed by atoms with E-state index in [4.69, 9.17) is 20.0 Å². The Morgan fingerprint density at radius 2 is 1.94 bits per heavy atom. The molecule has 1 aliphatic heterocycles. The van der Waals surface area contributed by atoms with Crippen LogP contribution in [0, 0.1) is 0 Å². The molecule has 2 N–H and O–H groups in total. The summed E-state index contributed by atoms with van der Waals surface area (Å²) in [5, 5.41) is 9.36. The van der Waals surface area contributed by atoms with Crippen LogP contribution in [-0.4, -0.2) is 77.7 Å². The van der Waals surface area contributed by atoms with Crippen LogP contribution in [0.15, 0.2) is 47.9 Å². The van der Waals surface area contributed by atoms with Gasteiger partial charge in [-0.3, -0.25) is 24.3 Å². The second-order valence-electron chi connectivity index (χ2n) is 8.44. The maximum Gasteiger partial charge on any atom is 0.270 e. The van der Waals surface area contributed by atoms with Gasteiger partial charge in [-0.15, -0.1) is 0 Å². The maximum absolute atomic E-state index is 11.3. The first-order valence-electron chi connectivity index (χ1n) is 11.1. The number of hydrogen-bond acceptors (Lipinski definition) is 9. The second-order valence-corrected chi connectivity index (χ2v) is 8.44. The highest BCUT2D eigenvalue weighted by atomic mass is 16.5. The molecule has 2 fully saturated rings. The number of morpholine rings is 1. The summed E-state index contributed by atoms with van der Waals surface area (Å²) in [7, 11) is 0. The third-order valence-electron chi connectivity index (χ3n) is 6.38. The largest absolute Gasteiger partial charge is 0.444 e. The van der Waals surface area contributed by atoms with Crippen molar-refractivity contribution in [2.45, 2.75) is 24.9 Å². The zero-order valence-electron chi connectivity index (χ0n) is 18.3. The van der Waals surface area contributed by atoms with E-state index in [0.717, 1.165) is 44.8 Å². The minimum absolute atomic E-state index is 0.0654. The van der Waals surface area contributed by atoms with E-state index >= 15 is 0 Å². The number of oxazole rings is 1. The van der Waals surface area contributed by atoms with Gasteiger partial charge in [-0.1, -0.05) is 0 Å². The number of nitrogens with zero attached hydrogens (tertiary/aromatic N) is 8. The molecule has 0 unspecified atom stereocenters. The first kappa shape index (κ1) is 20.7. The number of rotatable bonds is 6. The van der Waals surface area contributed by atoms with Gasteiger partial charge in [-0.2, -0.15) is 10.2 Å². The van der Waals surface area contributed by atoms with Crippen LogP contribution in [0.2, 0.25) is 0 Å². The summed E-state index contributed by atoms with van der Waals surface area (Å²) in [5.41, 5.74) is 8.06. The first-order valence-corrected chi connectivity index (χ1v) is 11.1. The molecule has 1 amide bonds. The van der Waals surface area contributed by atoms with E-state index in [0.29, 0.717) is 29.0 Å². The number of nitrogens with two attached hydrogens (primary N) is 1. The van der Waals surface area contributed by atoms with Gasteiger partial charge in [0, 0.05) is 37.7 Å². The fourth-order valence-electron chi connectivity index (χ4n) is 4.44. The summed E-state index contributed by atoms with van der Waals surface area (Å²) in [6.07, 6.45) is 13.7. The van der Waals surface area contributed by atoms with Crippen LogP contribution in [0.25, 0.3) is 28.5 Å². The Balaban J connectivity index is 1.29. The molecule has 1 saturated heterocycles. The van der Waals surface area contributed by atoms with Gasteiger partial charge in [-0.25, -0.2) is 9.67 Å². The van der Waals surface area contributed by atoms with Crippen molar-refractivity contribution in [2.24, 2.45) is 5.73 Å². The topological polar surface area (TPSA) is 143 Å². The number of carbonyl (C=O) groups excluding carboxylic acids is 1. The molecule has 174 valence electrons. The minimum atomic E-state index is -0.649. The molecule has 12 nitrogen and oxygen atoms in total. The number of primary amides is 1. The molecule has 6 rings (SSSR count). The molecule has 0 bridgehead atoms. The van der Waals surface area contributed by atoms with Gasteiger partial charge in [0.1, 0.15) is 23.3 Å². The molecule has 0 aromatic carbocycles. The normalized spacial score (nSPS) is 20.8. The fraction of sp³-hybridized carbons (Fsp3) is 0.364. The molecule has 0 radical (unpaired) electrons. The van der Waals surface area contributed by atoms with Gasteiger partial charge in [0.25, 0.3) is 5.91 Å². The average Bonchev–Trinajstić information content (AvgIpc) is 3.58. The van der Waals surface area contributed by atoms with E-state index in [1.165, 1.54) is 6.26 Å². The van der Waals surface area contributed by atoms with Crippen molar-refractivity contribution < 1.29 is 13.9 Å². The highest BCUT2D eigenvalue weighted by Crippen LogP contribution is 2.37. The molecule has 2 aliphatic rings. The van der Waals surface area contributed by atoms with Gasteiger partial charge in [0.2, 0.25) is 5.89 Å². The second kappa shape index (κ2) is 8.47. The lowest BCUT2D eigenvalue weighted by molar-refractivity contribution is -0.0162. The van der Waals surface area contributed by atoms with Crippen LogP contribution < -0.4 is 5.73 Å². The van der Waals surface area contributed by atoms with Crippen LogP contribution in [0.5, 0.6) is 0 Å². The van der Waals surface area contributed by atoms with Gasteiger partial charge in [-0.05, 0) is 12.8 Å². The number of carbonyl (C=O) groups is 1. The van der Waals surface area contributed by atoms with E-state index in [1.54, 1.807) is 35.7 Å². The first-order chi connectivity index (χ1) is 16.7. The highest BCUT2D eigenvalue weighted by molar-refractivity contribution is 5.90. The number of aromatic nitrogens is 7. The zero-order chi connectivity index (χ0) is 23.1. The summed E-state index contributed by atoms with van der Waals surface area (Å²) in [6, 6.07) is 0.860. The standard InChI is InChI=1S/C22H23N9O3/c23-21(32)18-13-34-22(27-18)14-9-26-31(11-14)19-12-30(28-20(19)17-10-24-1-2-25-17)16-7-15(8-16)29-3-5-33-6-4-29/h1-2,9-13,15-16H,3-8H2,(H2,23,32). The van der Waals surface area contributed by atoms with E-state index in [-0.39, 0.29) is 11.6 Å². The quantitative estimate of drug-likeness (QED) is 0.449. The third kappa shape index (κ3) is 3.76. The Bertz CT molecular complexity index is 1300. The Hall–Kier alpha value is -3.90. The summed E-state index contributed by atoms with van der Waals surface area (Å²) < 4.78 is 14.6. The molecule has 1 aliphatic carbocycles. The van der Waals surface area contributed by atoms with Crippen molar-refractivity contribution in [2.75, 3.05) is 26.3 Å². The SMILES string of the molecule is NC(=O)c1coc(-c2cnn(-c3cn(C4CC(N5CCOCC5)C4)nc3-c3cnccn3)c2)n1. The van der Waals surface area contributed by atoms with E-state index in [2.05, 4.69) is 25.0 Å². The molecular weight excluding hydrogens is 438 g/mol. The number of amides is 1. The van der Waals surface area contributed by atoms with Crippen LogP contribution in [0.4, 0.5) is 0 Å². The van der Waals surface area contributed by atoms with Crippen LogP contribution in [0.1, 0.15) is 29.4 Å². The van der Waals surface area contributed by atoms with E-state index < -0.39 is 5.91 Å². The number of ether oxygens (including phenoxy) is 1. The summed E-state index contributed by atoms with van der Waals surface area (Å²) >= 11 is 0. The molecule has 0 atom stereocenters. The third-order valence-corrected chi connectivity index (χ3v) is 6.38. The predicted octanol–water partition coefficient (Wildman–Crippen LogP) is 1.32. The van der Waals surface area contributed by atoms with E-state index in [9.17, 15) is 4.79 Å². The fourth-order valence-corrected chi connectivity index (χ4v) is 4.44. The van der Waals surface area contributed by atoms with Crippen molar-refractivity contribution >= 4 is 5.91 Å². The Morgan fingerprint density at radius 1 is 1.09 bits per heavy atom. The van der Waals surface area contributed by atoms with Crippen LogP contribution in [-0.2, 0) is 4.74 Å². The Kier molecular flexibility index (Phi) is 5.15. The van der Waals surface area contributed by atoms with Crippen molar-refractivity contribution in [3.05, 3.63) is 49.1 Å². The molecule has 5 heterocycles. The highest BCUT2D eigenvalue weighted by Gasteiger charge is 2.36. The van der Waals surface area contributed by atoms with Crippen LogP contribution in [0.3, 0.4) is 0 Å². The lowest BCUT2D eigenvalue weighted by Crippen LogP contribution is -2.50. The zero-order valence-corrected chi connectivity index (χ0v) is 18.3. The monoisotopic (exact) mass is 461 g/mol. The van der Waals surface area contributed by atoms with Gasteiger partial charge < -0.3 is 14.9 Å². The van der Waals surface area contributed by atoms with Crippen molar-refractivity contribution in [1.29, 1.82) is 0 Å². The predicted molar refractivity (Wildman–Crippen MR) is 119 cm³/mol. The summed E-state index contributed by atoms with van der Waals surface area (Å²) in [5.74, 6) is -0.384. The summed E-state index contributed by atoms with van der Waals surface area (Å²) in [4.78, 5) is 26.6. The lowest BCUT2D eigenvalue weighted by atomic mass is 9.85. The minimum Gasteiger partial charge on any atom is -0.444 e. The maximum atomic E-state index is 11.3.